The highest BCUT2D eigenvalue weighted by Gasteiger charge is 2.01. The van der Waals surface area contributed by atoms with Gasteiger partial charge in [0.1, 0.15) is 5.82 Å². The van der Waals surface area contributed by atoms with Crippen LogP contribution in [0.3, 0.4) is 0 Å². The molecule has 0 fully saturated rings. The highest BCUT2D eigenvalue weighted by molar-refractivity contribution is 9.10. The average molecular weight is 291 g/mol. The molecule has 1 heterocycles. The maximum atomic E-state index is 11.2. The van der Waals surface area contributed by atoms with E-state index >= 15 is 0 Å². The van der Waals surface area contributed by atoms with Crippen LogP contribution in [0.15, 0.2) is 16.7 Å². The van der Waals surface area contributed by atoms with Gasteiger partial charge in [-0.15, -0.1) is 0 Å². The van der Waals surface area contributed by atoms with Gasteiger partial charge in [0.15, 0.2) is 0 Å². The van der Waals surface area contributed by atoms with Crippen molar-refractivity contribution in [3.8, 4) is 0 Å². The number of nitrogens with one attached hydrogen (secondary N) is 1. The topological polar surface area (TPSA) is 42.0 Å². The molecule has 0 unspecified atom stereocenters. The third-order valence-corrected chi connectivity index (χ3v) is 3.73. The van der Waals surface area contributed by atoms with E-state index in [2.05, 4.69) is 26.2 Å². The van der Waals surface area contributed by atoms with Gasteiger partial charge in [-0.3, -0.25) is 4.21 Å². The van der Waals surface area contributed by atoms with Crippen LogP contribution >= 0.6 is 15.9 Å². The van der Waals surface area contributed by atoms with Crippen molar-refractivity contribution in [1.82, 2.24) is 4.98 Å². The molecule has 1 N–H and O–H groups in total. The smallest absolute Gasteiger partial charge is 0.128 e. The maximum Gasteiger partial charge on any atom is 0.128 e. The lowest BCUT2D eigenvalue weighted by molar-refractivity contribution is 0.684. The molecule has 1 atom stereocenters. The summed E-state index contributed by atoms with van der Waals surface area (Å²) >= 11 is 3.36. The summed E-state index contributed by atoms with van der Waals surface area (Å²) in [7, 11) is -0.711. The summed E-state index contributed by atoms with van der Waals surface area (Å²) in [5.41, 5.74) is 1.09. The first-order valence-electron chi connectivity index (χ1n) is 4.84. The standard InChI is InChI=1S/C10H15BrN2OS/c1-3-15(14)5-4-12-10-8(2)6-9(11)7-13-10/h6-7H,3-5H2,1-2H3,(H,12,13)/t15-/m1/s1. The molecule has 1 aromatic heterocycles. The van der Waals surface area contributed by atoms with Crippen molar-refractivity contribution >= 4 is 32.5 Å². The van der Waals surface area contributed by atoms with Crippen molar-refractivity contribution in [2.45, 2.75) is 13.8 Å². The lowest BCUT2D eigenvalue weighted by atomic mass is 10.3. The normalized spacial score (nSPS) is 12.5. The lowest BCUT2D eigenvalue weighted by Crippen LogP contribution is -2.13. The predicted octanol–water partition coefficient (Wildman–Crippen LogP) is 2.33. The van der Waals surface area contributed by atoms with Gasteiger partial charge in [0.2, 0.25) is 0 Å². The van der Waals surface area contributed by atoms with Crippen LogP contribution in [0, 0.1) is 6.92 Å². The van der Waals surface area contributed by atoms with Crippen molar-refractivity contribution in [2.75, 3.05) is 23.4 Å². The van der Waals surface area contributed by atoms with Crippen LogP contribution in [0.2, 0.25) is 0 Å². The summed E-state index contributed by atoms with van der Waals surface area (Å²) in [6.45, 7) is 4.63. The van der Waals surface area contributed by atoms with Gasteiger partial charge in [0.05, 0.1) is 0 Å². The van der Waals surface area contributed by atoms with Crippen LogP contribution < -0.4 is 5.32 Å². The van der Waals surface area contributed by atoms with Crippen LogP contribution in [0.25, 0.3) is 0 Å². The largest absolute Gasteiger partial charge is 0.369 e. The van der Waals surface area contributed by atoms with Crippen molar-refractivity contribution in [3.05, 3.63) is 22.3 Å². The molecular formula is C10H15BrN2OS. The van der Waals surface area contributed by atoms with Crippen molar-refractivity contribution in [1.29, 1.82) is 0 Å². The molecule has 0 aliphatic rings. The number of aryl methyl sites for hydroxylation is 1. The third-order valence-electron chi connectivity index (χ3n) is 1.99. The maximum absolute atomic E-state index is 11.2. The minimum atomic E-state index is -0.711. The highest BCUT2D eigenvalue weighted by atomic mass is 79.9. The highest BCUT2D eigenvalue weighted by Crippen LogP contribution is 2.16. The van der Waals surface area contributed by atoms with Crippen LogP contribution in [-0.4, -0.2) is 27.2 Å². The Morgan fingerprint density at radius 2 is 2.33 bits per heavy atom. The van der Waals surface area contributed by atoms with Gasteiger partial charge in [0.25, 0.3) is 0 Å². The fourth-order valence-electron chi connectivity index (χ4n) is 1.15. The van der Waals surface area contributed by atoms with Gasteiger partial charge >= 0.3 is 0 Å². The van der Waals surface area contributed by atoms with E-state index in [0.29, 0.717) is 18.1 Å². The zero-order valence-electron chi connectivity index (χ0n) is 8.92. The number of aromatic nitrogens is 1. The van der Waals surface area contributed by atoms with E-state index < -0.39 is 10.8 Å². The third kappa shape index (κ3) is 4.30. The zero-order valence-corrected chi connectivity index (χ0v) is 11.3. The van der Waals surface area contributed by atoms with Gasteiger partial charge in [-0.25, -0.2) is 4.98 Å². The van der Waals surface area contributed by atoms with Crippen LogP contribution in [-0.2, 0) is 10.8 Å². The molecule has 0 spiro atoms. The van der Waals surface area contributed by atoms with E-state index in [4.69, 9.17) is 0 Å². The molecule has 0 saturated heterocycles. The van der Waals surface area contributed by atoms with Gasteiger partial charge in [-0.1, -0.05) is 6.92 Å². The summed E-state index contributed by atoms with van der Waals surface area (Å²) in [5.74, 6) is 2.26. The first kappa shape index (κ1) is 12.6. The fourth-order valence-corrected chi connectivity index (χ4v) is 2.22. The second-order valence-electron chi connectivity index (χ2n) is 3.18. The Balaban J connectivity index is 2.47. The van der Waals surface area contributed by atoms with Gasteiger partial charge in [-0.05, 0) is 34.5 Å². The summed E-state index contributed by atoms with van der Waals surface area (Å²) in [4.78, 5) is 4.24. The van der Waals surface area contributed by atoms with E-state index in [0.717, 1.165) is 15.9 Å². The average Bonchev–Trinajstić information content (AvgIpc) is 2.21. The molecule has 1 aromatic rings. The quantitative estimate of drug-likeness (QED) is 0.905. The number of halogens is 1. The number of hydrogen-bond donors (Lipinski definition) is 1. The predicted molar refractivity (Wildman–Crippen MR) is 68.7 cm³/mol. The van der Waals surface area contributed by atoms with Gasteiger partial charge < -0.3 is 5.32 Å². The van der Waals surface area contributed by atoms with Crippen molar-refractivity contribution in [3.63, 3.8) is 0 Å². The molecule has 0 aliphatic carbocycles. The Labute approximate surface area is 101 Å². The van der Waals surface area contributed by atoms with E-state index in [-0.39, 0.29) is 0 Å². The minimum Gasteiger partial charge on any atom is -0.369 e. The summed E-state index contributed by atoms with van der Waals surface area (Å²) in [5, 5.41) is 3.18. The van der Waals surface area contributed by atoms with Crippen molar-refractivity contribution in [2.24, 2.45) is 0 Å². The molecular weight excluding hydrogens is 276 g/mol. The summed E-state index contributed by atoms with van der Waals surface area (Å²) in [6, 6.07) is 2.01. The molecule has 5 heteroatoms. The molecule has 15 heavy (non-hydrogen) atoms. The monoisotopic (exact) mass is 290 g/mol. The number of rotatable bonds is 5. The molecule has 84 valence electrons. The van der Waals surface area contributed by atoms with E-state index in [9.17, 15) is 4.21 Å². The summed E-state index contributed by atoms with van der Waals surface area (Å²) in [6.07, 6.45) is 1.76. The van der Waals surface area contributed by atoms with Crippen LogP contribution in [0.1, 0.15) is 12.5 Å². The fraction of sp³-hybridized carbons (Fsp3) is 0.500. The Morgan fingerprint density at radius 1 is 1.60 bits per heavy atom. The molecule has 0 saturated carbocycles. The van der Waals surface area contributed by atoms with Crippen LogP contribution in [0.4, 0.5) is 5.82 Å². The molecule has 1 rings (SSSR count). The zero-order chi connectivity index (χ0) is 11.3. The second kappa shape index (κ2) is 6.23. The molecule has 0 bridgehead atoms. The number of hydrogen-bond acceptors (Lipinski definition) is 3. The minimum absolute atomic E-state index is 0.674. The number of pyridine rings is 1. The molecule has 0 amide bonds. The molecule has 3 nitrogen and oxygen atoms in total. The summed E-state index contributed by atoms with van der Waals surface area (Å²) < 4.78 is 12.2. The molecule has 0 aliphatic heterocycles. The lowest BCUT2D eigenvalue weighted by Gasteiger charge is -2.07. The Kier molecular flexibility index (Phi) is 5.25. The SMILES string of the molecule is CC[S@@](=O)CCNc1ncc(Br)cc1C. The first-order chi connectivity index (χ1) is 7.13. The van der Waals surface area contributed by atoms with Gasteiger partial charge in [-0.2, -0.15) is 0 Å². The van der Waals surface area contributed by atoms with E-state index in [1.54, 1.807) is 6.20 Å². The second-order valence-corrected chi connectivity index (χ2v) is 5.96. The molecule has 0 aromatic carbocycles. The van der Waals surface area contributed by atoms with E-state index in [1.807, 2.05) is 19.9 Å². The Morgan fingerprint density at radius 3 is 2.93 bits per heavy atom. The van der Waals surface area contributed by atoms with Crippen LogP contribution in [0.5, 0.6) is 0 Å². The van der Waals surface area contributed by atoms with E-state index in [1.165, 1.54) is 0 Å². The van der Waals surface area contributed by atoms with Gasteiger partial charge in [0, 0.05) is 39.5 Å². The number of nitrogens with zero attached hydrogens (tertiary/aromatic N) is 1. The molecule has 0 radical (unpaired) electrons. The van der Waals surface area contributed by atoms with Crippen molar-refractivity contribution < 1.29 is 4.21 Å². The Hall–Kier alpha value is -0.420. The first-order valence-corrected chi connectivity index (χ1v) is 7.12. The Bertz CT molecular complexity index is 357. The number of anilines is 1.